The average Bonchev–Trinajstić information content (AvgIpc) is 2.86. The third kappa shape index (κ3) is 3.61. The number of benzene rings is 1. The summed E-state index contributed by atoms with van der Waals surface area (Å²) in [6.07, 6.45) is 0.307. The monoisotopic (exact) mass is 363 g/mol. The van der Waals surface area contributed by atoms with Gasteiger partial charge >= 0.3 is 0 Å². The third-order valence-corrected chi connectivity index (χ3v) is 7.68. The number of hydrogen-bond acceptors (Lipinski definition) is 6. The third-order valence-electron chi connectivity index (χ3n) is 3.88. The van der Waals surface area contributed by atoms with Gasteiger partial charge in [0.15, 0.2) is 9.84 Å². The lowest BCUT2D eigenvalue weighted by atomic mass is 10.3. The molecule has 1 aromatic rings. The Balaban J connectivity index is 2.47. The van der Waals surface area contributed by atoms with Crippen molar-refractivity contribution in [3.8, 4) is 11.5 Å². The maximum absolute atomic E-state index is 13.0. The van der Waals surface area contributed by atoms with Crippen molar-refractivity contribution in [1.82, 2.24) is 4.31 Å². The van der Waals surface area contributed by atoms with Crippen LogP contribution in [0.5, 0.6) is 11.5 Å². The highest BCUT2D eigenvalue weighted by Crippen LogP contribution is 2.33. The van der Waals surface area contributed by atoms with Crippen LogP contribution in [0.2, 0.25) is 0 Å². The second kappa shape index (κ2) is 6.66. The van der Waals surface area contributed by atoms with E-state index in [1.54, 1.807) is 13.0 Å². The van der Waals surface area contributed by atoms with Crippen LogP contribution in [0.3, 0.4) is 0 Å². The molecule has 2 rings (SSSR count). The van der Waals surface area contributed by atoms with Gasteiger partial charge in [-0.3, -0.25) is 0 Å². The fourth-order valence-corrected chi connectivity index (χ4v) is 6.40. The van der Waals surface area contributed by atoms with Crippen LogP contribution in [0.1, 0.15) is 13.3 Å². The number of rotatable bonds is 6. The molecule has 1 aliphatic rings. The van der Waals surface area contributed by atoms with Crippen LogP contribution >= 0.6 is 0 Å². The minimum absolute atomic E-state index is 0.0128. The van der Waals surface area contributed by atoms with Crippen LogP contribution < -0.4 is 9.47 Å². The molecule has 1 unspecified atom stereocenters. The molecular weight excluding hydrogens is 342 g/mol. The Kier molecular flexibility index (Phi) is 5.22. The summed E-state index contributed by atoms with van der Waals surface area (Å²) in [7, 11) is -4.25. The zero-order chi connectivity index (χ0) is 17.3. The molecule has 1 atom stereocenters. The molecule has 130 valence electrons. The van der Waals surface area contributed by atoms with E-state index in [0.29, 0.717) is 12.2 Å². The van der Waals surface area contributed by atoms with E-state index in [1.165, 1.54) is 30.7 Å². The van der Waals surface area contributed by atoms with Crippen LogP contribution in [0.4, 0.5) is 0 Å². The van der Waals surface area contributed by atoms with Crippen LogP contribution in [0.25, 0.3) is 0 Å². The molecule has 0 aliphatic carbocycles. The van der Waals surface area contributed by atoms with E-state index in [0.717, 1.165) is 0 Å². The highest BCUT2D eigenvalue weighted by atomic mass is 32.2. The first-order valence-corrected chi connectivity index (χ1v) is 10.5. The minimum Gasteiger partial charge on any atom is -0.497 e. The van der Waals surface area contributed by atoms with Crippen molar-refractivity contribution in [2.75, 3.05) is 32.3 Å². The summed E-state index contributed by atoms with van der Waals surface area (Å²) < 4.78 is 60.8. The number of ether oxygens (including phenoxy) is 2. The van der Waals surface area contributed by atoms with Gasteiger partial charge in [0.2, 0.25) is 10.0 Å². The minimum atomic E-state index is -3.90. The molecule has 9 heteroatoms. The quantitative estimate of drug-likeness (QED) is 0.746. The van der Waals surface area contributed by atoms with Crippen molar-refractivity contribution in [2.24, 2.45) is 0 Å². The summed E-state index contributed by atoms with van der Waals surface area (Å²) in [5.74, 6) is 0.454. The first kappa shape index (κ1) is 18.0. The molecule has 0 bridgehead atoms. The molecule has 7 nitrogen and oxygen atoms in total. The Hall–Kier alpha value is -1.32. The Morgan fingerprint density at radius 3 is 2.43 bits per heavy atom. The smallest absolute Gasteiger partial charge is 0.247 e. The SMILES string of the molecule is CCN(C1CCS(=O)(=O)C1)S(=O)(=O)c1cc(OC)ccc1OC. The topological polar surface area (TPSA) is 90.0 Å². The number of hydrogen-bond donors (Lipinski definition) is 0. The molecule has 0 saturated carbocycles. The molecule has 1 heterocycles. The average molecular weight is 363 g/mol. The zero-order valence-corrected chi connectivity index (χ0v) is 15.0. The lowest BCUT2D eigenvalue weighted by Gasteiger charge is -2.26. The molecule has 1 saturated heterocycles. The number of nitrogens with zero attached hydrogens (tertiary/aromatic N) is 1. The molecule has 23 heavy (non-hydrogen) atoms. The maximum Gasteiger partial charge on any atom is 0.247 e. The zero-order valence-electron chi connectivity index (χ0n) is 13.4. The second-order valence-corrected chi connectivity index (χ2v) is 9.37. The van der Waals surface area contributed by atoms with Crippen molar-refractivity contribution in [3.05, 3.63) is 18.2 Å². The molecule has 1 aliphatic heterocycles. The van der Waals surface area contributed by atoms with E-state index < -0.39 is 25.9 Å². The lowest BCUT2D eigenvalue weighted by Crippen LogP contribution is -2.41. The highest BCUT2D eigenvalue weighted by Gasteiger charge is 2.39. The molecule has 1 fully saturated rings. The largest absolute Gasteiger partial charge is 0.497 e. The molecular formula is C14H21NO6S2. The summed E-state index contributed by atoms with van der Waals surface area (Å²) in [5.41, 5.74) is 0. The Morgan fingerprint density at radius 2 is 1.96 bits per heavy atom. The van der Waals surface area contributed by atoms with Crippen molar-refractivity contribution < 1.29 is 26.3 Å². The van der Waals surface area contributed by atoms with Gasteiger partial charge < -0.3 is 9.47 Å². The summed E-state index contributed by atoms with van der Waals surface area (Å²) in [4.78, 5) is -0.0227. The maximum atomic E-state index is 13.0. The van der Waals surface area contributed by atoms with Crippen molar-refractivity contribution in [1.29, 1.82) is 0 Å². The van der Waals surface area contributed by atoms with Crippen molar-refractivity contribution in [3.63, 3.8) is 0 Å². The summed E-state index contributed by atoms with van der Waals surface area (Å²) in [6.45, 7) is 1.87. The van der Waals surface area contributed by atoms with E-state index >= 15 is 0 Å². The summed E-state index contributed by atoms with van der Waals surface area (Å²) >= 11 is 0. The van der Waals surface area contributed by atoms with E-state index in [1.807, 2.05) is 0 Å². The van der Waals surface area contributed by atoms with Gasteiger partial charge in [-0.15, -0.1) is 0 Å². The fraction of sp³-hybridized carbons (Fsp3) is 0.571. The predicted octanol–water partition coefficient (Wildman–Crippen LogP) is 0.901. The first-order chi connectivity index (χ1) is 10.7. The second-order valence-electron chi connectivity index (χ2n) is 5.28. The van der Waals surface area contributed by atoms with Gasteiger partial charge in [-0.05, 0) is 18.6 Å². The van der Waals surface area contributed by atoms with Crippen LogP contribution in [-0.4, -0.2) is 59.5 Å². The van der Waals surface area contributed by atoms with Gasteiger partial charge in [-0.2, -0.15) is 4.31 Å². The summed E-state index contributed by atoms with van der Waals surface area (Å²) in [6, 6.07) is 3.96. The molecule has 0 amide bonds. The van der Waals surface area contributed by atoms with Gasteiger partial charge in [0.05, 0.1) is 25.7 Å². The molecule has 1 aromatic carbocycles. The van der Waals surface area contributed by atoms with E-state index in [4.69, 9.17) is 9.47 Å². The highest BCUT2D eigenvalue weighted by molar-refractivity contribution is 7.92. The normalized spacial score (nSPS) is 20.6. The van der Waals surface area contributed by atoms with Crippen LogP contribution in [0, 0.1) is 0 Å². The number of methoxy groups -OCH3 is 2. The van der Waals surface area contributed by atoms with Crippen LogP contribution in [-0.2, 0) is 19.9 Å². The van der Waals surface area contributed by atoms with E-state index in [2.05, 4.69) is 0 Å². The van der Waals surface area contributed by atoms with Gasteiger partial charge in [0.25, 0.3) is 0 Å². The van der Waals surface area contributed by atoms with Gasteiger partial charge in [-0.1, -0.05) is 6.92 Å². The Bertz CT molecular complexity index is 772. The molecule has 0 spiro atoms. The van der Waals surface area contributed by atoms with Crippen LogP contribution in [0.15, 0.2) is 23.1 Å². The van der Waals surface area contributed by atoms with Gasteiger partial charge in [0, 0.05) is 18.7 Å². The first-order valence-electron chi connectivity index (χ1n) is 7.19. The lowest BCUT2D eigenvalue weighted by molar-refractivity contribution is 0.348. The van der Waals surface area contributed by atoms with Crippen molar-refractivity contribution in [2.45, 2.75) is 24.3 Å². The molecule has 0 aromatic heterocycles. The van der Waals surface area contributed by atoms with Gasteiger partial charge in [0.1, 0.15) is 16.4 Å². The van der Waals surface area contributed by atoms with Gasteiger partial charge in [-0.25, -0.2) is 16.8 Å². The standard InChI is InChI=1S/C14H21NO6S2/c1-4-15(11-7-8-22(16,17)10-11)23(18,19)14-9-12(20-2)5-6-13(14)21-3/h5-6,9,11H,4,7-8,10H2,1-3H3. The van der Waals surface area contributed by atoms with E-state index in [-0.39, 0.29) is 28.7 Å². The van der Waals surface area contributed by atoms with E-state index in [9.17, 15) is 16.8 Å². The predicted molar refractivity (Wildman–Crippen MR) is 86.2 cm³/mol. The number of sulfonamides is 1. The Morgan fingerprint density at radius 1 is 1.26 bits per heavy atom. The Labute approximate surface area is 137 Å². The summed E-state index contributed by atoms with van der Waals surface area (Å²) in [5, 5.41) is 0. The fourth-order valence-electron chi connectivity index (χ4n) is 2.74. The van der Waals surface area contributed by atoms with Crippen molar-refractivity contribution >= 4 is 19.9 Å². The molecule has 0 radical (unpaired) electrons. The molecule has 0 N–H and O–H groups in total. The number of sulfone groups is 1.